The Morgan fingerprint density at radius 2 is 0.444 bits per heavy atom. The van der Waals surface area contributed by atoms with Gasteiger partial charge in [-0.15, -0.1) is 0 Å². The molecule has 3 rings (SSSR count). The maximum absolute atomic E-state index is 2.39. The lowest BCUT2D eigenvalue weighted by Crippen LogP contribution is -2.12. The minimum atomic E-state index is 1.03. The lowest BCUT2D eigenvalue weighted by Gasteiger charge is -2.26. The van der Waals surface area contributed by atoms with Gasteiger partial charge in [-0.25, -0.2) is 0 Å². The van der Waals surface area contributed by atoms with Crippen molar-refractivity contribution < 1.29 is 0 Å². The van der Waals surface area contributed by atoms with Gasteiger partial charge in [0.25, 0.3) is 0 Å². The SMILES string of the molecule is CCc1c(C)c(C)c(Cc2c(C)c(C)c(C)c(Cc3c(C)c(C)c(CC)c(C)c3C)c2C)c(C)c1C. The van der Waals surface area contributed by atoms with Crippen molar-refractivity contribution in [2.45, 2.75) is 123 Å². The van der Waals surface area contributed by atoms with Crippen LogP contribution in [0, 0.1) is 83.1 Å². The molecule has 0 radical (unpaired) electrons. The molecule has 0 fully saturated rings. The number of benzene rings is 3. The molecule has 0 heterocycles. The van der Waals surface area contributed by atoms with Crippen molar-refractivity contribution in [3.05, 3.63) is 100 Å². The first-order valence-corrected chi connectivity index (χ1v) is 14.0. The monoisotopic (exact) mass is 482 g/mol. The highest BCUT2D eigenvalue weighted by atomic mass is 14.3. The molecule has 0 nitrogen and oxygen atoms in total. The second-order valence-electron chi connectivity index (χ2n) is 11.4. The Labute approximate surface area is 222 Å². The molecule has 0 atom stereocenters. The van der Waals surface area contributed by atoms with Gasteiger partial charge in [0.15, 0.2) is 0 Å². The van der Waals surface area contributed by atoms with Gasteiger partial charge in [0.05, 0.1) is 0 Å². The summed E-state index contributed by atoms with van der Waals surface area (Å²) in [6.07, 6.45) is 4.28. The van der Waals surface area contributed by atoms with Crippen LogP contribution in [0.5, 0.6) is 0 Å². The third-order valence-electron chi connectivity index (χ3n) is 10.2. The molecule has 0 saturated heterocycles. The molecule has 0 aromatic heterocycles. The fourth-order valence-electron chi connectivity index (χ4n) is 6.89. The number of hydrogen-bond acceptors (Lipinski definition) is 0. The summed E-state index contributed by atoms with van der Waals surface area (Å²) in [6.45, 7) is 32.7. The van der Waals surface area contributed by atoms with Crippen LogP contribution in [0.1, 0.15) is 114 Å². The predicted octanol–water partition coefficient (Wildman–Crippen LogP) is 9.69. The van der Waals surface area contributed by atoms with E-state index < -0.39 is 0 Å². The van der Waals surface area contributed by atoms with E-state index in [1.54, 1.807) is 0 Å². The maximum atomic E-state index is 2.39. The molecule has 3 aromatic rings. The molecule has 0 spiro atoms. The first kappa shape index (κ1) is 28.2. The zero-order valence-electron chi connectivity index (χ0n) is 25.8. The Morgan fingerprint density at radius 3 is 0.694 bits per heavy atom. The van der Waals surface area contributed by atoms with E-state index in [9.17, 15) is 0 Å². The maximum Gasteiger partial charge on any atom is -0.00149 e. The van der Waals surface area contributed by atoms with Gasteiger partial charge in [0.1, 0.15) is 0 Å². The van der Waals surface area contributed by atoms with Crippen LogP contribution in [-0.4, -0.2) is 0 Å². The molecular weight excluding hydrogens is 432 g/mol. The second kappa shape index (κ2) is 10.6. The van der Waals surface area contributed by atoms with Gasteiger partial charge in [0, 0.05) is 0 Å². The lowest BCUT2D eigenvalue weighted by atomic mass is 9.79. The van der Waals surface area contributed by atoms with E-state index in [4.69, 9.17) is 0 Å². The fourth-order valence-corrected chi connectivity index (χ4v) is 6.89. The first-order chi connectivity index (χ1) is 16.8. The van der Waals surface area contributed by atoms with Crippen molar-refractivity contribution >= 4 is 0 Å². The van der Waals surface area contributed by atoms with E-state index in [1.807, 2.05) is 0 Å². The highest BCUT2D eigenvalue weighted by Gasteiger charge is 2.21. The molecule has 0 N–H and O–H groups in total. The molecular formula is C36H50. The van der Waals surface area contributed by atoms with Crippen molar-refractivity contribution in [1.82, 2.24) is 0 Å². The normalized spacial score (nSPS) is 11.5. The van der Waals surface area contributed by atoms with Crippen molar-refractivity contribution in [2.24, 2.45) is 0 Å². The van der Waals surface area contributed by atoms with Crippen molar-refractivity contribution in [1.29, 1.82) is 0 Å². The Morgan fingerprint density at radius 1 is 0.250 bits per heavy atom. The summed E-state index contributed by atoms with van der Waals surface area (Å²) >= 11 is 0. The van der Waals surface area contributed by atoms with E-state index in [0.717, 1.165) is 25.7 Å². The van der Waals surface area contributed by atoms with Crippen LogP contribution in [0.15, 0.2) is 0 Å². The zero-order chi connectivity index (χ0) is 27.2. The van der Waals surface area contributed by atoms with E-state index in [-0.39, 0.29) is 0 Å². The molecule has 0 aliphatic carbocycles. The molecule has 0 heteroatoms. The largest absolute Gasteiger partial charge is 0.0613 e. The highest BCUT2D eigenvalue weighted by molar-refractivity contribution is 5.58. The van der Waals surface area contributed by atoms with Gasteiger partial charge in [-0.3, -0.25) is 0 Å². The van der Waals surface area contributed by atoms with Crippen LogP contribution in [0.25, 0.3) is 0 Å². The summed E-state index contributed by atoms with van der Waals surface area (Å²) in [5.41, 5.74) is 27.0. The molecule has 0 bridgehead atoms. The van der Waals surface area contributed by atoms with E-state index >= 15 is 0 Å². The van der Waals surface area contributed by atoms with Gasteiger partial charge < -0.3 is 0 Å². The minimum absolute atomic E-state index is 1.03. The Kier molecular flexibility index (Phi) is 8.29. The predicted molar refractivity (Wildman–Crippen MR) is 161 cm³/mol. The molecule has 0 aliphatic rings. The number of rotatable bonds is 6. The zero-order valence-corrected chi connectivity index (χ0v) is 25.8. The molecule has 0 aliphatic heterocycles. The van der Waals surface area contributed by atoms with Gasteiger partial charge >= 0.3 is 0 Å². The fraction of sp³-hybridized carbons (Fsp3) is 0.500. The molecule has 3 aromatic carbocycles. The van der Waals surface area contributed by atoms with E-state index in [0.29, 0.717) is 0 Å². The van der Waals surface area contributed by atoms with Gasteiger partial charge in [0.2, 0.25) is 0 Å². The van der Waals surface area contributed by atoms with Crippen LogP contribution in [0.4, 0.5) is 0 Å². The minimum Gasteiger partial charge on any atom is -0.0613 e. The van der Waals surface area contributed by atoms with E-state index in [1.165, 1.54) is 100 Å². The lowest BCUT2D eigenvalue weighted by molar-refractivity contribution is 0.968. The Hall–Kier alpha value is -2.34. The molecule has 0 amide bonds. The van der Waals surface area contributed by atoms with Crippen LogP contribution >= 0.6 is 0 Å². The second-order valence-corrected chi connectivity index (χ2v) is 11.4. The summed E-state index contributed by atoms with van der Waals surface area (Å²) in [5, 5.41) is 0. The van der Waals surface area contributed by atoms with Crippen LogP contribution < -0.4 is 0 Å². The first-order valence-electron chi connectivity index (χ1n) is 14.0. The number of hydrogen-bond donors (Lipinski definition) is 0. The average molecular weight is 483 g/mol. The third-order valence-corrected chi connectivity index (χ3v) is 10.2. The highest BCUT2D eigenvalue weighted by Crippen LogP contribution is 2.36. The third kappa shape index (κ3) is 4.46. The van der Waals surface area contributed by atoms with Crippen LogP contribution in [0.2, 0.25) is 0 Å². The van der Waals surface area contributed by atoms with Gasteiger partial charge in [-0.05, 0) is 209 Å². The van der Waals surface area contributed by atoms with Crippen LogP contribution in [0.3, 0.4) is 0 Å². The van der Waals surface area contributed by atoms with Crippen LogP contribution in [-0.2, 0) is 25.7 Å². The smallest absolute Gasteiger partial charge is 0.00149 e. The Bertz CT molecular complexity index is 1190. The average Bonchev–Trinajstić information content (AvgIpc) is 2.85. The van der Waals surface area contributed by atoms with Crippen molar-refractivity contribution in [2.75, 3.05) is 0 Å². The molecule has 0 saturated carbocycles. The quantitative estimate of drug-likeness (QED) is 0.328. The summed E-state index contributed by atoms with van der Waals surface area (Å²) in [4.78, 5) is 0. The molecule has 0 unspecified atom stereocenters. The molecule has 36 heavy (non-hydrogen) atoms. The summed E-state index contributed by atoms with van der Waals surface area (Å²) in [5.74, 6) is 0. The summed E-state index contributed by atoms with van der Waals surface area (Å²) in [6, 6.07) is 0. The van der Waals surface area contributed by atoms with Gasteiger partial charge in [-0.2, -0.15) is 0 Å². The Balaban J connectivity index is 2.23. The topological polar surface area (TPSA) is 0 Å². The van der Waals surface area contributed by atoms with E-state index in [2.05, 4.69) is 96.9 Å². The van der Waals surface area contributed by atoms with Crippen molar-refractivity contribution in [3.8, 4) is 0 Å². The summed E-state index contributed by atoms with van der Waals surface area (Å²) in [7, 11) is 0. The summed E-state index contributed by atoms with van der Waals surface area (Å²) < 4.78 is 0. The van der Waals surface area contributed by atoms with Gasteiger partial charge in [-0.1, -0.05) is 13.8 Å². The standard InChI is InChI=1S/C36H50/c1-15-31-22(6)26(10)33(27(11)23(31)7)17-35-20(4)19(3)21(5)36(30(35)14)18-34-28(12)24(8)32(16-2)25(9)29(34)13/h15-18H2,1-14H3. The molecule has 194 valence electrons. The van der Waals surface area contributed by atoms with Crippen molar-refractivity contribution in [3.63, 3.8) is 0 Å².